The molecule has 0 fully saturated rings. The normalized spacial score (nSPS) is 10.3. The van der Waals surface area contributed by atoms with E-state index in [-0.39, 0.29) is 0 Å². The Balaban J connectivity index is 2.01. The zero-order valence-corrected chi connectivity index (χ0v) is 12.7. The minimum absolute atomic E-state index is 0.831. The molecule has 0 aliphatic carbocycles. The molecule has 19 heavy (non-hydrogen) atoms. The van der Waals surface area contributed by atoms with Gasteiger partial charge in [-0.05, 0) is 18.1 Å². The molecule has 2 rings (SSSR count). The van der Waals surface area contributed by atoms with Crippen LogP contribution < -0.4 is 10.2 Å². The van der Waals surface area contributed by atoms with Gasteiger partial charge in [0.15, 0.2) is 0 Å². The minimum Gasteiger partial charge on any atom is -0.373 e. The summed E-state index contributed by atoms with van der Waals surface area (Å²) in [6.45, 7) is 0.906. The van der Waals surface area contributed by atoms with E-state index in [1.165, 1.54) is 5.56 Å². The molecule has 0 aliphatic rings. The van der Waals surface area contributed by atoms with Crippen LogP contribution in [-0.4, -0.2) is 30.6 Å². The summed E-state index contributed by atoms with van der Waals surface area (Å²) >= 11 is 3.57. The second-order valence-corrected chi connectivity index (χ2v) is 5.13. The van der Waals surface area contributed by atoms with Crippen molar-refractivity contribution < 1.29 is 0 Å². The summed E-state index contributed by atoms with van der Waals surface area (Å²) in [5.74, 6) is 1.75. The fourth-order valence-electron chi connectivity index (χ4n) is 1.80. The highest BCUT2D eigenvalue weighted by Gasteiger charge is 2.05. The van der Waals surface area contributed by atoms with Crippen LogP contribution >= 0.6 is 15.9 Å². The van der Waals surface area contributed by atoms with Crippen LogP contribution in [0.15, 0.2) is 41.1 Å². The standard InChI is InChI=1S/C14H17BrN4/c1-16-13-9-14(18-10-17-13)19(2)8-7-11-5-3-4-6-12(11)15/h3-6,9-10H,7-8H2,1-2H3,(H,16,17,18). The van der Waals surface area contributed by atoms with E-state index in [0.717, 1.165) is 29.1 Å². The summed E-state index contributed by atoms with van der Waals surface area (Å²) in [4.78, 5) is 10.5. The van der Waals surface area contributed by atoms with E-state index in [9.17, 15) is 0 Å². The topological polar surface area (TPSA) is 41.0 Å². The number of hydrogen-bond donors (Lipinski definition) is 1. The van der Waals surface area contributed by atoms with Crippen molar-refractivity contribution in [2.75, 3.05) is 30.9 Å². The van der Waals surface area contributed by atoms with E-state index in [1.807, 2.05) is 26.2 Å². The Hall–Kier alpha value is -1.62. The Morgan fingerprint density at radius 3 is 2.79 bits per heavy atom. The molecule has 1 aromatic heterocycles. The first-order valence-corrected chi connectivity index (χ1v) is 6.94. The summed E-state index contributed by atoms with van der Waals surface area (Å²) in [6.07, 6.45) is 2.55. The molecule has 0 bridgehead atoms. The summed E-state index contributed by atoms with van der Waals surface area (Å²) < 4.78 is 1.15. The highest BCUT2D eigenvalue weighted by atomic mass is 79.9. The molecule has 0 unspecified atom stereocenters. The predicted molar refractivity (Wildman–Crippen MR) is 82.7 cm³/mol. The molecular formula is C14H17BrN4. The lowest BCUT2D eigenvalue weighted by molar-refractivity contribution is 0.853. The Morgan fingerprint density at radius 1 is 1.26 bits per heavy atom. The van der Waals surface area contributed by atoms with Gasteiger partial charge in [-0.15, -0.1) is 0 Å². The maximum atomic E-state index is 4.29. The van der Waals surface area contributed by atoms with Crippen LogP contribution in [0.1, 0.15) is 5.56 Å². The van der Waals surface area contributed by atoms with Gasteiger partial charge in [0.25, 0.3) is 0 Å². The lowest BCUT2D eigenvalue weighted by Crippen LogP contribution is -2.21. The number of hydrogen-bond acceptors (Lipinski definition) is 4. The predicted octanol–water partition coefficient (Wildman–Crippen LogP) is 2.96. The molecule has 0 saturated heterocycles. The summed E-state index contributed by atoms with van der Waals surface area (Å²) in [7, 11) is 3.89. The number of aromatic nitrogens is 2. The Kier molecular flexibility index (Phi) is 4.74. The minimum atomic E-state index is 0.831. The number of anilines is 2. The van der Waals surface area contributed by atoms with Crippen molar-refractivity contribution in [3.8, 4) is 0 Å². The van der Waals surface area contributed by atoms with Gasteiger partial charge in [0.05, 0.1) is 0 Å². The average Bonchev–Trinajstić information content (AvgIpc) is 2.46. The van der Waals surface area contributed by atoms with Crippen LogP contribution in [-0.2, 0) is 6.42 Å². The third-order valence-electron chi connectivity index (χ3n) is 2.97. The Labute approximate surface area is 122 Å². The molecule has 100 valence electrons. The number of nitrogens with zero attached hydrogens (tertiary/aromatic N) is 3. The largest absolute Gasteiger partial charge is 0.373 e. The molecule has 0 radical (unpaired) electrons. The number of halogens is 1. The molecule has 0 amide bonds. The second-order valence-electron chi connectivity index (χ2n) is 4.27. The summed E-state index contributed by atoms with van der Waals surface area (Å²) in [5, 5.41) is 3.02. The van der Waals surface area contributed by atoms with Crippen molar-refractivity contribution in [2.45, 2.75) is 6.42 Å². The van der Waals surface area contributed by atoms with Crippen molar-refractivity contribution in [1.82, 2.24) is 9.97 Å². The fraction of sp³-hybridized carbons (Fsp3) is 0.286. The van der Waals surface area contributed by atoms with E-state index < -0.39 is 0 Å². The lowest BCUT2D eigenvalue weighted by Gasteiger charge is -2.18. The van der Waals surface area contributed by atoms with Crippen molar-refractivity contribution in [2.24, 2.45) is 0 Å². The maximum Gasteiger partial charge on any atom is 0.133 e. The van der Waals surface area contributed by atoms with E-state index >= 15 is 0 Å². The van der Waals surface area contributed by atoms with Gasteiger partial charge >= 0.3 is 0 Å². The number of rotatable bonds is 5. The van der Waals surface area contributed by atoms with Gasteiger partial charge in [-0.3, -0.25) is 0 Å². The maximum absolute atomic E-state index is 4.29. The van der Waals surface area contributed by atoms with Crippen LogP contribution in [0.2, 0.25) is 0 Å². The third-order valence-corrected chi connectivity index (χ3v) is 3.75. The Morgan fingerprint density at radius 2 is 2.05 bits per heavy atom. The smallest absolute Gasteiger partial charge is 0.133 e. The first kappa shape index (κ1) is 13.8. The average molecular weight is 321 g/mol. The molecule has 1 aromatic carbocycles. The first-order valence-electron chi connectivity index (χ1n) is 6.15. The van der Waals surface area contributed by atoms with Crippen LogP contribution in [0.25, 0.3) is 0 Å². The van der Waals surface area contributed by atoms with Crippen molar-refractivity contribution in [3.05, 3.63) is 46.7 Å². The van der Waals surface area contributed by atoms with Gasteiger partial charge in [0.1, 0.15) is 18.0 Å². The molecule has 2 aromatic rings. The van der Waals surface area contributed by atoms with Crippen molar-refractivity contribution in [3.63, 3.8) is 0 Å². The second kappa shape index (κ2) is 6.52. The quantitative estimate of drug-likeness (QED) is 0.919. The lowest BCUT2D eigenvalue weighted by atomic mass is 10.1. The zero-order chi connectivity index (χ0) is 13.7. The SMILES string of the molecule is CNc1cc(N(C)CCc2ccccc2Br)ncn1. The molecule has 0 aliphatic heterocycles. The molecule has 0 atom stereocenters. The monoisotopic (exact) mass is 320 g/mol. The van der Waals surface area contributed by atoms with Crippen LogP contribution in [0, 0.1) is 0 Å². The molecule has 1 N–H and O–H groups in total. The summed E-state index contributed by atoms with van der Waals surface area (Å²) in [5.41, 5.74) is 1.30. The number of benzene rings is 1. The van der Waals surface area contributed by atoms with Gasteiger partial charge in [0, 0.05) is 31.2 Å². The highest BCUT2D eigenvalue weighted by molar-refractivity contribution is 9.10. The van der Waals surface area contributed by atoms with Gasteiger partial charge < -0.3 is 10.2 Å². The Bertz CT molecular complexity index is 544. The third kappa shape index (κ3) is 3.67. The summed E-state index contributed by atoms with van der Waals surface area (Å²) in [6, 6.07) is 10.2. The number of nitrogens with one attached hydrogen (secondary N) is 1. The van der Waals surface area contributed by atoms with Gasteiger partial charge in [-0.1, -0.05) is 34.1 Å². The van der Waals surface area contributed by atoms with E-state index in [2.05, 4.69) is 54.3 Å². The molecular weight excluding hydrogens is 304 g/mol. The van der Waals surface area contributed by atoms with Crippen LogP contribution in [0.4, 0.5) is 11.6 Å². The molecule has 0 spiro atoms. The van der Waals surface area contributed by atoms with Crippen LogP contribution in [0.5, 0.6) is 0 Å². The van der Waals surface area contributed by atoms with Crippen LogP contribution in [0.3, 0.4) is 0 Å². The number of likely N-dealkylation sites (N-methyl/N-ethyl adjacent to an activating group) is 1. The molecule has 1 heterocycles. The van der Waals surface area contributed by atoms with E-state index in [1.54, 1.807) is 6.33 Å². The van der Waals surface area contributed by atoms with Crippen molar-refractivity contribution in [1.29, 1.82) is 0 Å². The van der Waals surface area contributed by atoms with E-state index in [4.69, 9.17) is 0 Å². The molecule has 5 heteroatoms. The molecule has 4 nitrogen and oxygen atoms in total. The fourth-order valence-corrected chi connectivity index (χ4v) is 2.28. The van der Waals surface area contributed by atoms with Crippen molar-refractivity contribution >= 4 is 27.6 Å². The van der Waals surface area contributed by atoms with Gasteiger partial charge in [-0.25, -0.2) is 9.97 Å². The van der Waals surface area contributed by atoms with Gasteiger partial charge in [0.2, 0.25) is 0 Å². The zero-order valence-electron chi connectivity index (χ0n) is 11.1. The van der Waals surface area contributed by atoms with E-state index in [0.29, 0.717) is 0 Å². The first-order chi connectivity index (χ1) is 9.20. The highest BCUT2D eigenvalue weighted by Crippen LogP contribution is 2.18. The molecule has 0 saturated carbocycles. The van der Waals surface area contributed by atoms with Gasteiger partial charge in [-0.2, -0.15) is 0 Å².